The van der Waals surface area contributed by atoms with Crippen molar-refractivity contribution in [2.24, 2.45) is 23.3 Å². The Morgan fingerprint density at radius 1 is 1.20 bits per heavy atom. The SMILES string of the molecule is C=CC1OC(C=C)C2C(=O)N(CC[NH+]=C(N)N)C(=O)C12. The zero-order chi connectivity index (χ0) is 14.9. The third-order valence-electron chi connectivity index (χ3n) is 3.64. The van der Waals surface area contributed by atoms with Crippen molar-refractivity contribution in [3.05, 3.63) is 25.3 Å². The van der Waals surface area contributed by atoms with Crippen LogP contribution < -0.4 is 16.5 Å². The normalized spacial score (nSPS) is 32.1. The molecule has 2 fully saturated rings. The summed E-state index contributed by atoms with van der Waals surface area (Å²) in [6.07, 6.45) is 2.20. The van der Waals surface area contributed by atoms with E-state index in [0.29, 0.717) is 6.54 Å². The Hall–Kier alpha value is -2.15. The predicted molar refractivity (Wildman–Crippen MR) is 72.0 cm³/mol. The average Bonchev–Trinajstić information content (AvgIpc) is 2.90. The molecule has 2 saturated heterocycles. The second-order valence-corrected chi connectivity index (χ2v) is 4.80. The zero-order valence-electron chi connectivity index (χ0n) is 11.1. The molecule has 2 aliphatic rings. The van der Waals surface area contributed by atoms with Crippen LogP contribution in [0.4, 0.5) is 0 Å². The summed E-state index contributed by atoms with van der Waals surface area (Å²) in [4.78, 5) is 28.6. The van der Waals surface area contributed by atoms with Gasteiger partial charge in [0, 0.05) is 0 Å². The van der Waals surface area contributed by atoms with Gasteiger partial charge >= 0.3 is 5.96 Å². The number of carbonyl (C=O) groups excluding carboxylic acids is 2. The van der Waals surface area contributed by atoms with E-state index in [1.165, 1.54) is 4.90 Å². The van der Waals surface area contributed by atoms with Gasteiger partial charge in [-0.05, 0) is 0 Å². The fourth-order valence-electron chi connectivity index (χ4n) is 2.75. The smallest absolute Gasteiger partial charge is 0.338 e. The number of nitrogens with one attached hydrogen (secondary N) is 1. The van der Waals surface area contributed by atoms with E-state index in [1.807, 2.05) is 0 Å². The molecule has 4 atom stereocenters. The molecule has 20 heavy (non-hydrogen) atoms. The highest BCUT2D eigenvalue weighted by Crippen LogP contribution is 2.41. The van der Waals surface area contributed by atoms with E-state index < -0.39 is 24.0 Å². The molecule has 0 aliphatic carbocycles. The van der Waals surface area contributed by atoms with Gasteiger partial charge in [0.05, 0.1) is 37.1 Å². The molecule has 2 amide bonds. The molecule has 2 aliphatic heterocycles. The van der Waals surface area contributed by atoms with Gasteiger partial charge in [0.15, 0.2) is 0 Å². The minimum atomic E-state index is -0.512. The van der Waals surface area contributed by atoms with Gasteiger partial charge in [-0.2, -0.15) is 0 Å². The van der Waals surface area contributed by atoms with E-state index in [2.05, 4.69) is 18.2 Å². The number of nitrogens with zero attached hydrogens (tertiary/aromatic N) is 1. The van der Waals surface area contributed by atoms with Crippen molar-refractivity contribution < 1.29 is 19.3 Å². The number of imide groups is 1. The van der Waals surface area contributed by atoms with Crippen LogP contribution in [-0.2, 0) is 14.3 Å². The Labute approximate surface area is 116 Å². The Morgan fingerprint density at radius 2 is 1.70 bits per heavy atom. The number of ether oxygens (including phenoxy) is 1. The number of rotatable bonds is 5. The maximum atomic E-state index is 12.3. The highest BCUT2D eigenvalue weighted by Gasteiger charge is 2.58. The van der Waals surface area contributed by atoms with Crippen LogP contribution in [0.15, 0.2) is 25.3 Å². The molecule has 4 unspecified atom stereocenters. The first-order valence-electron chi connectivity index (χ1n) is 6.38. The van der Waals surface area contributed by atoms with E-state index in [0.717, 1.165) is 0 Å². The van der Waals surface area contributed by atoms with Crippen molar-refractivity contribution in [1.82, 2.24) is 4.90 Å². The highest BCUT2D eigenvalue weighted by molar-refractivity contribution is 6.06. The maximum absolute atomic E-state index is 12.3. The molecule has 7 nitrogen and oxygen atoms in total. The molecular formula is C13H19N4O3+. The van der Waals surface area contributed by atoms with E-state index in [1.54, 1.807) is 12.2 Å². The number of likely N-dealkylation sites (tertiary alicyclic amines) is 1. The van der Waals surface area contributed by atoms with Gasteiger partial charge in [-0.1, -0.05) is 12.2 Å². The number of carbonyl (C=O) groups is 2. The Morgan fingerprint density at radius 3 is 2.10 bits per heavy atom. The molecule has 0 spiro atoms. The lowest BCUT2D eigenvalue weighted by Crippen LogP contribution is -2.79. The number of nitrogens with two attached hydrogens (primary N) is 2. The highest BCUT2D eigenvalue weighted by atomic mass is 16.5. The Balaban J connectivity index is 2.17. The summed E-state index contributed by atoms with van der Waals surface area (Å²) < 4.78 is 5.59. The first kappa shape index (κ1) is 14.3. The van der Waals surface area contributed by atoms with Crippen molar-refractivity contribution in [2.75, 3.05) is 13.1 Å². The molecule has 5 N–H and O–H groups in total. The predicted octanol–water partition coefficient (Wildman–Crippen LogP) is -2.92. The van der Waals surface area contributed by atoms with Crippen LogP contribution in [0.3, 0.4) is 0 Å². The Bertz CT molecular complexity index is 452. The van der Waals surface area contributed by atoms with Crippen molar-refractivity contribution in [3.8, 4) is 0 Å². The minimum absolute atomic E-state index is 0.0561. The van der Waals surface area contributed by atoms with Crippen LogP contribution in [0.2, 0.25) is 0 Å². The van der Waals surface area contributed by atoms with Gasteiger partial charge in [0.2, 0.25) is 11.8 Å². The lowest BCUT2D eigenvalue weighted by atomic mass is 9.89. The molecule has 0 aromatic carbocycles. The van der Waals surface area contributed by atoms with E-state index in [9.17, 15) is 9.59 Å². The van der Waals surface area contributed by atoms with Gasteiger partial charge in [0.25, 0.3) is 0 Å². The molecule has 7 heteroatoms. The molecule has 0 radical (unpaired) electrons. The number of fused-ring (bicyclic) bond motifs is 1. The summed E-state index contributed by atoms with van der Waals surface area (Å²) in [7, 11) is 0. The Kier molecular flexibility index (Phi) is 3.89. The minimum Gasteiger partial charge on any atom is -0.365 e. The standard InChI is InChI=1S/C13H18N4O3/c1-3-7-9-10(8(4-2)20-7)12(19)17(11(9)18)6-5-16-13(14)15/h3-4,7-10H,1-2,5-6H2,(H4,14,15,16)/p+1. The van der Waals surface area contributed by atoms with Crippen LogP contribution in [0, 0.1) is 11.8 Å². The van der Waals surface area contributed by atoms with Gasteiger partial charge in [-0.25, -0.2) is 0 Å². The van der Waals surface area contributed by atoms with Crippen LogP contribution in [0.25, 0.3) is 0 Å². The largest absolute Gasteiger partial charge is 0.365 e. The molecule has 0 saturated carbocycles. The summed E-state index contributed by atoms with van der Waals surface area (Å²) in [5.41, 5.74) is 10.5. The number of amides is 2. The van der Waals surface area contributed by atoms with E-state index in [4.69, 9.17) is 16.2 Å². The molecule has 0 aromatic heterocycles. The third-order valence-corrected chi connectivity index (χ3v) is 3.64. The fraction of sp³-hybridized carbons (Fsp3) is 0.462. The summed E-state index contributed by atoms with van der Waals surface area (Å²) >= 11 is 0. The first-order chi connectivity index (χ1) is 9.51. The van der Waals surface area contributed by atoms with Gasteiger partial charge in [-0.15, -0.1) is 13.2 Å². The fourth-order valence-corrected chi connectivity index (χ4v) is 2.75. The van der Waals surface area contributed by atoms with Gasteiger partial charge in [-0.3, -0.25) is 30.9 Å². The summed E-state index contributed by atoms with van der Waals surface area (Å²) in [6, 6.07) is 0. The topological polar surface area (TPSA) is 113 Å². The quantitative estimate of drug-likeness (QED) is 0.216. The van der Waals surface area contributed by atoms with Crippen molar-refractivity contribution in [2.45, 2.75) is 12.2 Å². The second-order valence-electron chi connectivity index (χ2n) is 4.80. The summed E-state index contributed by atoms with van der Waals surface area (Å²) in [5.74, 6) is -1.46. The van der Waals surface area contributed by atoms with Crippen LogP contribution in [0.5, 0.6) is 0 Å². The zero-order valence-corrected chi connectivity index (χ0v) is 11.1. The molecular weight excluding hydrogens is 260 g/mol. The second kappa shape index (κ2) is 5.46. The van der Waals surface area contributed by atoms with Crippen molar-refractivity contribution >= 4 is 17.8 Å². The van der Waals surface area contributed by atoms with Crippen molar-refractivity contribution in [3.63, 3.8) is 0 Å². The molecule has 0 aromatic rings. The summed E-state index contributed by atoms with van der Waals surface area (Å²) in [6.45, 7) is 7.84. The van der Waals surface area contributed by atoms with E-state index >= 15 is 0 Å². The van der Waals surface area contributed by atoms with E-state index in [-0.39, 0.29) is 24.3 Å². The summed E-state index contributed by atoms with van der Waals surface area (Å²) in [5, 5.41) is 0. The lowest BCUT2D eigenvalue weighted by molar-refractivity contribution is -0.458. The van der Waals surface area contributed by atoms with Gasteiger partial charge < -0.3 is 4.74 Å². The first-order valence-corrected chi connectivity index (χ1v) is 6.38. The molecule has 2 rings (SSSR count). The monoisotopic (exact) mass is 279 g/mol. The molecule has 108 valence electrons. The molecule has 0 bridgehead atoms. The molecule has 2 heterocycles. The van der Waals surface area contributed by atoms with Crippen LogP contribution >= 0.6 is 0 Å². The van der Waals surface area contributed by atoms with Crippen molar-refractivity contribution in [1.29, 1.82) is 0 Å². The van der Waals surface area contributed by atoms with Crippen LogP contribution in [0.1, 0.15) is 0 Å². The number of hydrogen-bond acceptors (Lipinski definition) is 3. The third kappa shape index (κ3) is 2.20. The maximum Gasteiger partial charge on any atom is 0.338 e. The number of hydrogen-bond donors (Lipinski definition) is 3. The average molecular weight is 279 g/mol. The lowest BCUT2D eigenvalue weighted by Gasteiger charge is -2.18. The van der Waals surface area contributed by atoms with Gasteiger partial charge in [0.1, 0.15) is 0 Å². The number of guanidine groups is 1. The van der Waals surface area contributed by atoms with Crippen LogP contribution in [-0.4, -0.2) is 48.0 Å².